The van der Waals surface area contributed by atoms with Crippen LogP contribution in [0.2, 0.25) is 5.02 Å². The van der Waals surface area contributed by atoms with Gasteiger partial charge in [-0.05, 0) is 42.2 Å². The molecule has 1 N–H and O–H groups in total. The van der Waals surface area contributed by atoms with E-state index in [0.29, 0.717) is 11.6 Å². The van der Waals surface area contributed by atoms with Gasteiger partial charge in [-0.2, -0.15) is 0 Å². The molecule has 0 saturated carbocycles. The molecule has 1 heterocycles. The van der Waals surface area contributed by atoms with Crippen LogP contribution < -0.4 is 4.74 Å². The van der Waals surface area contributed by atoms with Crippen molar-refractivity contribution in [3.8, 4) is 5.75 Å². The number of hydrogen-bond acceptors (Lipinski definition) is 2. The highest BCUT2D eigenvalue weighted by Crippen LogP contribution is 2.36. The van der Waals surface area contributed by atoms with Crippen molar-refractivity contribution in [3.05, 3.63) is 62.6 Å². The van der Waals surface area contributed by atoms with Crippen LogP contribution in [0.4, 0.5) is 0 Å². The van der Waals surface area contributed by atoms with Gasteiger partial charge in [0, 0.05) is 15.1 Å². The second-order valence-corrected chi connectivity index (χ2v) is 6.24. The maximum Gasteiger partial charge on any atom is 0.128 e. The fraction of sp³-hybridized carbons (Fsp3) is 0.250. The van der Waals surface area contributed by atoms with Gasteiger partial charge in [0.15, 0.2) is 0 Å². The van der Waals surface area contributed by atoms with Crippen LogP contribution in [0.25, 0.3) is 0 Å². The van der Waals surface area contributed by atoms with Crippen LogP contribution in [0.1, 0.15) is 29.2 Å². The van der Waals surface area contributed by atoms with Gasteiger partial charge in [-0.3, -0.25) is 0 Å². The van der Waals surface area contributed by atoms with E-state index >= 15 is 0 Å². The predicted molar refractivity (Wildman–Crippen MR) is 83.5 cm³/mol. The summed E-state index contributed by atoms with van der Waals surface area (Å²) in [6.07, 6.45) is 1.28. The number of aliphatic hydroxyl groups is 1. The number of hydrogen-bond donors (Lipinski definition) is 1. The van der Waals surface area contributed by atoms with E-state index in [2.05, 4.69) is 22.0 Å². The van der Waals surface area contributed by atoms with Gasteiger partial charge in [0.05, 0.1) is 6.61 Å². The molecule has 0 fully saturated rings. The lowest BCUT2D eigenvalue weighted by atomic mass is 9.96. The number of aliphatic hydroxyl groups excluding tert-OH is 1. The molecule has 4 heteroatoms. The highest BCUT2D eigenvalue weighted by atomic mass is 79.9. The Morgan fingerprint density at radius 2 is 2.10 bits per heavy atom. The highest BCUT2D eigenvalue weighted by Gasteiger charge is 2.21. The molecule has 2 aromatic rings. The van der Waals surface area contributed by atoms with Crippen molar-refractivity contribution in [1.29, 1.82) is 0 Å². The first kappa shape index (κ1) is 13.9. The zero-order valence-electron chi connectivity index (χ0n) is 10.8. The Morgan fingerprint density at radius 3 is 2.90 bits per heavy atom. The largest absolute Gasteiger partial charge is 0.493 e. The number of rotatable bonds is 2. The third kappa shape index (κ3) is 2.71. The molecule has 3 rings (SSSR count). The van der Waals surface area contributed by atoms with Gasteiger partial charge >= 0.3 is 0 Å². The van der Waals surface area contributed by atoms with Crippen molar-refractivity contribution in [1.82, 2.24) is 0 Å². The molecular formula is C16H14BrClO2. The Morgan fingerprint density at radius 1 is 1.25 bits per heavy atom. The van der Waals surface area contributed by atoms with E-state index in [0.717, 1.165) is 39.8 Å². The van der Waals surface area contributed by atoms with Crippen molar-refractivity contribution in [3.63, 3.8) is 0 Å². The second-order valence-electron chi connectivity index (χ2n) is 4.89. The van der Waals surface area contributed by atoms with E-state index in [4.69, 9.17) is 16.3 Å². The predicted octanol–water partition coefficient (Wildman–Crippen LogP) is 4.51. The molecule has 104 valence electrons. The fourth-order valence-corrected chi connectivity index (χ4v) is 3.43. The number of ether oxygens (including phenoxy) is 1. The molecule has 0 spiro atoms. The molecule has 2 nitrogen and oxygen atoms in total. The standard InChI is InChI=1S/C16H14BrClO2/c17-12-7-11(8-13(18)9-12)15(19)14-5-1-3-10-4-2-6-20-16(10)14/h1,3,5,7-9,15,19H,2,4,6H2. The van der Waals surface area contributed by atoms with Crippen LogP contribution in [0, 0.1) is 0 Å². The van der Waals surface area contributed by atoms with Gasteiger partial charge in [0.1, 0.15) is 11.9 Å². The number of para-hydroxylation sites is 1. The second kappa shape index (κ2) is 5.76. The van der Waals surface area contributed by atoms with Gasteiger partial charge in [-0.1, -0.05) is 45.7 Å². The van der Waals surface area contributed by atoms with E-state index in [1.165, 1.54) is 0 Å². The summed E-state index contributed by atoms with van der Waals surface area (Å²) < 4.78 is 6.60. The van der Waals surface area contributed by atoms with Crippen LogP contribution >= 0.6 is 27.5 Å². The summed E-state index contributed by atoms with van der Waals surface area (Å²) in [7, 11) is 0. The topological polar surface area (TPSA) is 29.5 Å². The molecule has 0 bridgehead atoms. The molecule has 1 aliphatic rings. The van der Waals surface area contributed by atoms with E-state index < -0.39 is 6.10 Å². The third-order valence-electron chi connectivity index (χ3n) is 3.46. The molecule has 2 aromatic carbocycles. The first-order valence-electron chi connectivity index (χ1n) is 6.54. The molecule has 1 aliphatic heterocycles. The van der Waals surface area contributed by atoms with Crippen molar-refractivity contribution < 1.29 is 9.84 Å². The Bertz CT molecular complexity index is 622. The third-order valence-corrected chi connectivity index (χ3v) is 4.14. The van der Waals surface area contributed by atoms with Crippen molar-refractivity contribution in [2.75, 3.05) is 6.61 Å². The van der Waals surface area contributed by atoms with Crippen LogP contribution in [0.15, 0.2) is 40.9 Å². The first-order chi connectivity index (χ1) is 9.65. The lowest BCUT2D eigenvalue weighted by Crippen LogP contribution is -2.12. The maximum atomic E-state index is 10.6. The Labute approximate surface area is 131 Å². The average molecular weight is 354 g/mol. The van der Waals surface area contributed by atoms with Crippen LogP contribution in [0.5, 0.6) is 5.75 Å². The number of benzene rings is 2. The van der Waals surface area contributed by atoms with Gasteiger partial charge in [-0.25, -0.2) is 0 Å². The van der Waals surface area contributed by atoms with Gasteiger partial charge in [-0.15, -0.1) is 0 Å². The maximum absolute atomic E-state index is 10.6. The number of aryl methyl sites for hydroxylation is 1. The van der Waals surface area contributed by atoms with Crippen LogP contribution in [-0.2, 0) is 6.42 Å². The summed E-state index contributed by atoms with van der Waals surface area (Å²) in [5.74, 6) is 0.822. The minimum Gasteiger partial charge on any atom is -0.493 e. The monoisotopic (exact) mass is 352 g/mol. The molecule has 0 radical (unpaired) electrons. The van der Waals surface area contributed by atoms with Crippen molar-refractivity contribution in [2.24, 2.45) is 0 Å². The van der Waals surface area contributed by atoms with Crippen LogP contribution in [-0.4, -0.2) is 11.7 Å². The normalized spacial score (nSPS) is 15.3. The van der Waals surface area contributed by atoms with Gasteiger partial charge in [0.25, 0.3) is 0 Å². The quantitative estimate of drug-likeness (QED) is 0.861. The minimum absolute atomic E-state index is 0.596. The fourth-order valence-electron chi connectivity index (χ4n) is 2.54. The summed E-state index contributed by atoms with van der Waals surface area (Å²) in [5, 5.41) is 11.2. The summed E-state index contributed by atoms with van der Waals surface area (Å²) >= 11 is 9.45. The summed E-state index contributed by atoms with van der Waals surface area (Å²) in [6, 6.07) is 11.4. The van der Waals surface area contributed by atoms with E-state index in [-0.39, 0.29) is 0 Å². The minimum atomic E-state index is -0.738. The SMILES string of the molecule is OC(c1cc(Cl)cc(Br)c1)c1cccc2c1OCCC2. The first-order valence-corrected chi connectivity index (χ1v) is 7.71. The molecule has 0 aromatic heterocycles. The molecule has 0 amide bonds. The molecule has 20 heavy (non-hydrogen) atoms. The molecule has 1 unspecified atom stereocenters. The van der Waals surface area contributed by atoms with Crippen LogP contribution in [0.3, 0.4) is 0 Å². The lowest BCUT2D eigenvalue weighted by molar-refractivity contribution is 0.206. The Balaban J connectivity index is 2.04. The molecule has 0 saturated heterocycles. The summed E-state index contributed by atoms with van der Waals surface area (Å²) in [6.45, 7) is 0.704. The number of fused-ring (bicyclic) bond motifs is 1. The van der Waals surface area contributed by atoms with E-state index in [1.807, 2.05) is 18.2 Å². The lowest BCUT2D eigenvalue weighted by Gasteiger charge is -2.23. The van der Waals surface area contributed by atoms with E-state index in [1.54, 1.807) is 12.1 Å². The zero-order valence-corrected chi connectivity index (χ0v) is 13.1. The molecule has 0 aliphatic carbocycles. The summed E-state index contributed by atoms with van der Waals surface area (Å²) in [4.78, 5) is 0. The number of halogens is 2. The molecule has 1 atom stereocenters. The van der Waals surface area contributed by atoms with E-state index in [9.17, 15) is 5.11 Å². The smallest absolute Gasteiger partial charge is 0.128 e. The van der Waals surface area contributed by atoms with Crippen molar-refractivity contribution in [2.45, 2.75) is 18.9 Å². The average Bonchev–Trinajstić information content (AvgIpc) is 2.45. The van der Waals surface area contributed by atoms with Gasteiger partial charge in [0.2, 0.25) is 0 Å². The Hall–Kier alpha value is -1.03. The zero-order chi connectivity index (χ0) is 14.1. The summed E-state index contributed by atoms with van der Waals surface area (Å²) in [5.41, 5.74) is 2.72. The van der Waals surface area contributed by atoms with Crippen molar-refractivity contribution >= 4 is 27.5 Å². The van der Waals surface area contributed by atoms with Gasteiger partial charge < -0.3 is 9.84 Å². The molecular weight excluding hydrogens is 340 g/mol. The Kier molecular flexibility index (Phi) is 4.01. The highest BCUT2D eigenvalue weighted by molar-refractivity contribution is 9.10.